The molecule has 0 unspecified atom stereocenters. The van der Waals surface area contributed by atoms with Crippen LogP contribution in [0.5, 0.6) is 11.5 Å². The number of ether oxygens (including phenoxy) is 2. The standard InChI is InChI=1S/C14H8F2N4O3/c15-14(16)22-11-2-1-7(3-12(11)23-14)8-4-9(18-6-17-8)10-5-13(21)20-19-10/h1-4,6H,5H2,(H,20,21). The largest absolute Gasteiger partial charge is 0.586 e. The van der Waals surface area contributed by atoms with Gasteiger partial charge in [-0.2, -0.15) is 5.10 Å². The van der Waals surface area contributed by atoms with Crippen molar-refractivity contribution in [2.45, 2.75) is 12.7 Å². The van der Waals surface area contributed by atoms with Crippen LogP contribution in [0.25, 0.3) is 11.3 Å². The number of nitrogens with zero attached hydrogens (tertiary/aromatic N) is 3. The maximum atomic E-state index is 13.1. The maximum Gasteiger partial charge on any atom is 0.586 e. The average Bonchev–Trinajstić information content (AvgIpc) is 3.08. The van der Waals surface area contributed by atoms with Gasteiger partial charge in [-0.1, -0.05) is 0 Å². The summed E-state index contributed by atoms with van der Waals surface area (Å²) in [5.74, 6) is -0.323. The van der Waals surface area contributed by atoms with Crippen molar-refractivity contribution in [3.8, 4) is 22.8 Å². The number of nitrogens with one attached hydrogen (secondary N) is 1. The minimum atomic E-state index is -3.66. The van der Waals surface area contributed by atoms with Crippen LogP contribution in [0.4, 0.5) is 8.78 Å². The van der Waals surface area contributed by atoms with Crippen molar-refractivity contribution in [3.63, 3.8) is 0 Å². The van der Waals surface area contributed by atoms with Gasteiger partial charge in [0.1, 0.15) is 6.33 Å². The van der Waals surface area contributed by atoms with Gasteiger partial charge in [-0.05, 0) is 24.3 Å². The summed E-state index contributed by atoms with van der Waals surface area (Å²) in [6, 6.07) is 5.98. The van der Waals surface area contributed by atoms with Gasteiger partial charge in [0, 0.05) is 5.56 Å². The molecule has 4 rings (SSSR count). The lowest BCUT2D eigenvalue weighted by Crippen LogP contribution is -2.25. The van der Waals surface area contributed by atoms with Crippen LogP contribution in [0.3, 0.4) is 0 Å². The molecule has 0 spiro atoms. The van der Waals surface area contributed by atoms with Gasteiger partial charge in [0.25, 0.3) is 0 Å². The summed E-state index contributed by atoms with van der Waals surface area (Å²) in [4.78, 5) is 19.4. The van der Waals surface area contributed by atoms with Gasteiger partial charge in [0.15, 0.2) is 11.5 Å². The summed E-state index contributed by atoms with van der Waals surface area (Å²) in [7, 11) is 0. The highest BCUT2D eigenvalue weighted by Gasteiger charge is 2.43. The highest BCUT2D eigenvalue weighted by Crippen LogP contribution is 2.42. The minimum Gasteiger partial charge on any atom is -0.395 e. The van der Waals surface area contributed by atoms with Crippen molar-refractivity contribution in [2.75, 3.05) is 0 Å². The van der Waals surface area contributed by atoms with Crippen LogP contribution in [0, 0.1) is 0 Å². The van der Waals surface area contributed by atoms with Gasteiger partial charge in [0.2, 0.25) is 5.91 Å². The molecule has 116 valence electrons. The second-order valence-electron chi connectivity index (χ2n) is 4.89. The number of rotatable bonds is 2. The van der Waals surface area contributed by atoms with Crippen LogP contribution < -0.4 is 14.9 Å². The van der Waals surface area contributed by atoms with Gasteiger partial charge in [-0.3, -0.25) is 4.79 Å². The molecule has 1 amide bonds. The Morgan fingerprint density at radius 3 is 2.65 bits per heavy atom. The molecule has 0 atom stereocenters. The number of amides is 1. The van der Waals surface area contributed by atoms with E-state index in [1.54, 1.807) is 12.1 Å². The van der Waals surface area contributed by atoms with E-state index in [2.05, 4.69) is 30.0 Å². The Balaban J connectivity index is 1.68. The van der Waals surface area contributed by atoms with Crippen molar-refractivity contribution in [3.05, 3.63) is 36.3 Å². The molecule has 0 saturated heterocycles. The van der Waals surface area contributed by atoms with Crippen molar-refractivity contribution in [1.82, 2.24) is 15.4 Å². The van der Waals surface area contributed by atoms with Crippen LogP contribution in [-0.4, -0.2) is 27.9 Å². The zero-order chi connectivity index (χ0) is 16.0. The van der Waals surface area contributed by atoms with E-state index in [0.29, 0.717) is 22.7 Å². The molecule has 1 N–H and O–H groups in total. The number of fused-ring (bicyclic) bond motifs is 1. The Hall–Kier alpha value is -3.10. The molecule has 2 aliphatic rings. The highest BCUT2D eigenvalue weighted by atomic mass is 19.3. The van der Waals surface area contributed by atoms with E-state index >= 15 is 0 Å². The lowest BCUT2D eigenvalue weighted by atomic mass is 10.1. The third-order valence-corrected chi connectivity index (χ3v) is 3.30. The molecule has 0 fully saturated rings. The summed E-state index contributed by atoms with van der Waals surface area (Å²) < 4.78 is 34.9. The first kappa shape index (κ1) is 13.6. The second kappa shape index (κ2) is 4.70. The predicted octanol–water partition coefficient (Wildman–Crippen LogP) is 1.69. The fourth-order valence-corrected chi connectivity index (χ4v) is 2.29. The van der Waals surface area contributed by atoms with Crippen LogP contribution in [0.1, 0.15) is 12.1 Å². The molecule has 3 heterocycles. The number of hydrogen-bond donors (Lipinski definition) is 1. The summed E-state index contributed by atoms with van der Waals surface area (Å²) >= 11 is 0. The first-order chi connectivity index (χ1) is 11.0. The summed E-state index contributed by atoms with van der Waals surface area (Å²) in [6.45, 7) is 0. The molecule has 7 nitrogen and oxygen atoms in total. The Morgan fingerprint density at radius 1 is 1.09 bits per heavy atom. The monoisotopic (exact) mass is 318 g/mol. The van der Waals surface area contributed by atoms with E-state index in [1.807, 2.05) is 0 Å². The van der Waals surface area contributed by atoms with Crippen molar-refractivity contribution in [1.29, 1.82) is 0 Å². The molecule has 9 heteroatoms. The molecule has 2 aliphatic heterocycles. The Morgan fingerprint density at radius 2 is 1.87 bits per heavy atom. The first-order valence-corrected chi connectivity index (χ1v) is 6.58. The predicted molar refractivity (Wildman–Crippen MR) is 73.0 cm³/mol. The van der Waals surface area contributed by atoms with Crippen LogP contribution in [0.15, 0.2) is 35.7 Å². The number of carbonyl (C=O) groups is 1. The average molecular weight is 318 g/mol. The third-order valence-electron chi connectivity index (χ3n) is 3.30. The van der Waals surface area contributed by atoms with Crippen molar-refractivity contribution < 1.29 is 23.0 Å². The van der Waals surface area contributed by atoms with E-state index in [0.717, 1.165) is 0 Å². The molecular weight excluding hydrogens is 310 g/mol. The second-order valence-corrected chi connectivity index (χ2v) is 4.89. The highest BCUT2D eigenvalue weighted by molar-refractivity contribution is 6.12. The molecule has 0 bridgehead atoms. The fraction of sp³-hybridized carbons (Fsp3) is 0.143. The zero-order valence-corrected chi connectivity index (χ0v) is 11.4. The summed E-state index contributed by atoms with van der Waals surface area (Å²) in [5.41, 5.74) is 4.35. The van der Waals surface area contributed by atoms with Gasteiger partial charge in [-0.25, -0.2) is 15.4 Å². The van der Waals surface area contributed by atoms with E-state index in [4.69, 9.17) is 0 Å². The first-order valence-electron chi connectivity index (χ1n) is 6.58. The van der Waals surface area contributed by atoms with Crippen LogP contribution in [-0.2, 0) is 4.79 Å². The number of aromatic nitrogens is 2. The van der Waals surface area contributed by atoms with E-state index in [-0.39, 0.29) is 23.8 Å². The molecule has 1 aromatic carbocycles. The van der Waals surface area contributed by atoms with Crippen molar-refractivity contribution >= 4 is 11.6 Å². The Bertz CT molecular complexity index is 854. The zero-order valence-electron chi connectivity index (χ0n) is 11.4. The summed E-state index contributed by atoms with van der Waals surface area (Å²) in [6.07, 6.45) is -2.22. The topological polar surface area (TPSA) is 85.7 Å². The Labute approximate surface area is 128 Å². The lowest BCUT2D eigenvalue weighted by Gasteiger charge is -2.05. The molecule has 23 heavy (non-hydrogen) atoms. The van der Waals surface area contributed by atoms with Gasteiger partial charge in [0.05, 0.1) is 23.5 Å². The molecule has 0 aliphatic carbocycles. The lowest BCUT2D eigenvalue weighted by molar-refractivity contribution is -0.286. The van der Waals surface area contributed by atoms with Crippen LogP contribution >= 0.6 is 0 Å². The molecular formula is C14H8F2N4O3. The normalized spacial score (nSPS) is 17.8. The van der Waals surface area contributed by atoms with Crippen molar-refractivity contribution in [2.24, 2.45) is 5.10 Å². The van der Waals surface area contributed by atoms with Gasteiger partial charge in [-0.15, -0.1) is 8.78 Å². The van der Waals surface area contributed by atoms with E-state index in [9.17, 15) is 13.6 Å². The molecule has 2 aromatic rings. The van der Waals surface area contributed by atoms with E-state index < -0.39 is 6.29 Å². The number of hydrogen-bond acceptors (Lipinski definition) is 6. The number of halogens is 2. The number of hydrazone groups is 1. The minimum absolute atomic E-state index is 0.0389. The smallest absolute Gasteiger partial charge is 0.395 e. The fourth-order valence-electron chi connectivity index (χ4n) is 2.29. The SMILES string of the molecule is O=C1CC(c2cc(-c3ccc4c(c3)OC(F)(F)O4)ncn2)=NN1. The Kier molecular flexibility index (Phi) is 2.77. The number of benzene rings is 1. The quantitative estimate of drug-likeness (QED) is 0.910. The van der Waals surface area contributed by atoms with Crippen LogP contribution in [0.2, 0.25) is 0 Å². The molecule has 0 radical (unpaired) electrons. The molecule has 1 aromatic heterocycles. The van der Waals surface area contributed by atoms with Gasteiger partial charge >= 0.3 is 6.29 Å². The molecule has 0 saturated carbocycles. The third kappa shape index (κ3) is 2.45. The van der Waals surface area contributed by atoms with Gasteiger partial charge < -0.3 is 9.47 Å². The number of alkyl halides is 2. The summed E-state index contributed by atoms with van der Waals surface area (Å²) in [5, 5.41) is 3.88. The van der Waals surface area contributed by atoms with E-state index in [1.165, 1.54) is 18.5 Å². The number of carbonyl (C=O) groups excluding carboxylic acids is 1. The maximum absolute atomic E-state index is 13.1.